The second kappa shape index (κ2) is 7.32. The number of ketones is 1. The number of ether oxygens (including phenoxy) is 1. The Morgan fingerprint density at radius 2 is 1.71 bits per heavy atom. The Labute approximate surface area is 130 Å². The minimum Gasteiger partial charge on any atom is -0.497 e. The van der Waals surface area contributed by atoms with Gasteiger partial charge in [-0.05, 0) is 43.7 Å². The lowest BCUT2D eigenvalue weighted by molar-refractivity contribution is -0.117. The van der Waals surface area contributed by atoms with Crippen molar-refractivity contribution in [1.29, 1.82) is 0 Å². The molecule has 21 heavy (non-hydrogen) atoms. The van der Waals surface area contributed by atoms with Crippen LogP contribution < -0.4 is 4.74 Å². The minimum absolute atomic E-state index is 0.135. The summed E-state index contributed by atoms with van der Waals surface area (Å²) in [7, 11) is 1.66. The molecule has 0 aliphatic heterocycles. The molecule has 0 aliphatic rings. The predicted molar refractivity (Wildman–Crippen MR) is 88.1 cm³/mol. The van der Waals surface area contributed by atoms with Crippen molar-refractivity contribution < 1.29 is 9.53 Å². The number of aryl methyl sites for hydroxylation is 1. The molecule has 2 rings (SSSR count). The van der Waals surface area contributed by atoms with Crippen LogP contribution in [0.5, 0.6) is 5.75 Å². The summed E-state index contributed by atoms with van der Waals surface area (Å²) in [6.07, 6.45) is 0.533. The molecule has 2 aromatic carbocycles. The van der Waals surface area contributed by atoms with Crippen LogP contribution in [0.15, 0.2) is 53.4 Å². The second-order valence-electron chi connectivity index (χ2n) is 5.10. The van der Waals surface area contributed by atoms with E-state index in [-0.39, 0.29) is 11.0 Å². The maximum atomic E-state index is 11.6. The summed E-state index contributed by atoms with van der Waals surface area (Å²) in [6, 6.07) is 16.4. The third-order valence-electron chi connectivity index (χ3n) is 3.26. The Morgan fingerprint density at radius 3 is 2.24 bits per heavy atom. The Morgan fingerprint density at radius 1 is 1.10 bits per heavy atom. The van der Waals surface area contributed by atoms with Gasteiger partial charge in [-0.2, -0.15) is 0 Å². The molecule has 0 saturated heterocycles. The third kappa shape index (κ3) is 4.64. The summed E-state index contributed by atoms with van der Waals surface area (Å²) in [5, 5.41) is 0.135. The molecule has 0 heterocycles. The van der Waals surface area contributed by atoms with Gasteiger partial charge in [-0.3, -0.25) is 4.79 Å². The standard InChI is InChI=1S/C18H20O2S/c1-13-4-10-17(11-5-13)21-18(12-14(2)19)15-6-8-16(20-3)9-7-15/h4-11,18H,12H2,1-3H3. The zero-order valence-corrected chi connectivity index (χ0v) is 13.4. The molecule has 0 fully saturated rings. The first-order valence-electron chi connectivity index (χ1n) is 6.95. The number of hydrogen-bond donors (Lipinski definition) is 0. The maximum absolute atomic E-state index is 11.6. The molecule has 3 heteroatoms. The number of carbonyl (C=O) groups excluding carboxylic acids is 1. The van der Waals surface area contributed by atoms with Gasteiger partial charge in [0.05, 0.1) is 7.11 Å². The van der Waals surface area contributed by atoms with Crippen LogP contribution in [0.25, 0.3) is 0 Å². The minimum atomic E-state index is 0.135. The van der Waals surface area contributed by atoms with Crippen molar-refractivity contribution in [2.45, 2.75) is 30.4 Å². The molecule has 0 aromatic heterocycles. The number of benzene rings is 2. The van der Waals surface area contributed by atoms with E-state index in [0.29, 0.717) is 6.42 Å². The molecular formula is C18H20O2S. The number of thioether (sulfide) groups is 1. The summed E-state index contributed by atoms with van der Waals surface area (Å²) in [5.74, 6) is 1.04. The average molecular weight is 300 g/mol. The first-order valence-corrected chi connectivity index (χ1v) is 7.83. The van der Waals surface area contributed by atoms with Gasteiger partial charge in [0, 0.05) is 16.6 Å². The third-order valence-corrected chi connectivity index (χ3v) is 4.53. The second-order valence-corrected chi connectivity index (χ2v) is 6.37. The Balaban J connectivity index is 2.20. The molecule has 1 atom stereocenters. The van der Waals surface area contributed by atoms with E-state index in [1.807, 2.05) is 24.3 Å². The maximum Gasteiger partial charge on any atom is 0.131 e. The van der Waals surface area contributed by atoms with Gasteiger partial charge in [-0.25, -0.2) is 0 Å². The smallest absolute Gasteiger partial charge is 0.131 e. The average Bonchev–Trinajstić information content (AvgIpc) is 2.48. The highest BCUT2D eigenvalue weighted by Gasteiger charge is 2.15. The van der Waals surface area contributed by atoms with Gasteiger partial charge in [0.25, 0.3) is 0 Å². The van der Waals surface area contributed by atoms with E-state index < -0.39 is 0 Å². The Bertz CT molecular complexity index is 588. The first kappa shape index (κ1) is 15.6. The van der Waals surface area contributed by atoms with E-state index in [1.165, 1.54) is 10.5 Å². The van der Waals surface area contributed by atoms with Crippen LogP contribution in [-0.2, 0) is 4.79 Å². The number of methoxy groups -OCH3 is 1. The van der Waals surface area contributed by atoms with Crippen LogP contribution in [0, 0.1) is 6.92 Å². The van der Waals surface area contributed by atoms with Crippen LogP contribution in [0.3, 0.4) is 0 Å². The zero-order chi connectivity index (χ0) is 15.2. The molecular weight excluding hydrogens is 280 g/mol. The van der Waals surface area contributed by atoms with Crippen molar-refractivity contribution in [3.8, 4) is 5.75 Å². The predicted octanol–water partition coefficient (Wildman–Crippen LogP) is 4.82. The molecule has 2 aromatic rings. The molecule has 0 bridgehead atoms. The van der Waals surface area contributed by atoms with Crippen LogP contribution >= 0.6 is 11.8 Å². The Hall–Kier alpha value is -1.74. The van der Waals surface area contributed by atoms with Crippen molar-refractivity contribution >= 4 is 17.5 Å². The molecule has 0 spiro atoms. The largest absolute Gasteiger partial charge is 0.497 e. The summed E-state index contributed by atoms with van der Waals surface area (Å²) < 4.78 is 5.19. The molecule has 0 amide bonds. The van der Waals surface area contributed by atoms with Gasteiger partial charge >= 0.3 is 0 Å². The SMILES string of the molecule is COc1ccc(C(CC(C)=O)Sc2ccc(C)cc2)cc1. The molecule has 110 valence electrons. The van der Waals surface area contributed by atoms with Crippen LogP contribution in [-0.4, -0.2) is 12.9 Å². The van der Waals surface area contributed by atoms with Gasteiger partial charge in [0.15, 0.2) is 0 Å². The van der Waals surface area contributed by atoms with Crippen LogP contribution in [0.1, 0.15) is 29.7 Å². The molecule has 0 saturated carbocycles. The lowest BCUT2D eigenvalue weighted by Crippen LogP contribution is -2.01. The lowest BCUT2D eigenvalue weighted by atomic mass is 10.1. The van der Waals surface area contributed by atoms with Crippen molar-refractivity contribution in [2.24, 2.45) is 0 Å². The fourth-order valence-corrected chi connectivity index (χ4v) is 3.32. The topological polar surface area (TPSA) is 26.3 Å². The monoisotopic (exact) mass is 300 g/mol. The van der Waals surface area contributed by atoms with Crippen molar-refractivity contribution in [1.82, 2.24) is 0 Å². The number of rotatable bonds is 6. The van der Waals surface area contributed by atoms with Gasteiger partial charge in [0.1, 0.15) is 11.5 Å². The molecule has 0 N–H and O–H groups in total. The van der Waals surface area contributed by atoms with E-state index in [4.69, 9.17) is 4.74 Å². The van der Waals surface area contributed by atoms with Crippen molar-refractivity contribution in [3.05, 3.63) is 59.7 Å². The fraction of sp³-hybridized carbons (Fsp3) is 0.278. The van der Waals surface area contributed by atoms with Gasteiger partial charge < -0.3 is 4.74 Å². The molecule has 0 radical (unpaired) electrons. The van der Waals surface area contributed by atoms with Crippen LogP contribution in [0.4, 0.5) is 0 Å². The zero-order valence-electron chi connectivity index (χ0n) is 12.6. The summed E-state index contributed by atoms with van der Waals surface area (Å²) >= 11 is 1.73. The van der Waals surface area contributed by atoms with E-state index in [0.717, 1.165) is 11.3 Å². The van der Waals surface area contributed by atoms with Crippen LogP contribution in [0.2, 0.25) is 0 Å². The highest BCUT2D eigenvalue weighted by atomic mass is 32.2. The number of Topliss-reactive ketones (excluding diaryl/α,β-unsaturated/α-hetero) is 1. The summed E-state index contributed by atoms with van der Waals surface area (Å²) in [5.41, 5.74) is 2.39. The highest BCUT2D eigenvalue weighted by molar-refractivity contribution is 7.99. The quantitative estimate of drug-likeness (QED) is 0.716. The van der Waals surface area contributed by atoms with E-state index in [2.05, 4.69) is 31.2 Å². The summed E-state index contributed by atoms with van der Waals surface area (Å²) in [6.45, 7) is 3.72. The first-order chi connectivity index (χ1) is 10.1. The van der Waals surface area contributed by atoms with Crippen molar-refractivity contribution in [3.63, 3.8) is 0 Å². The molecule has 1 unspecified atom stereocenters. The number of carbonyl (C=O) groups is 1. The van der Waals surface area contributed by atoms with E-state index in [1.54, 1.807) is 25.8 Å². The highest BCUT2D eigenvalue weighted by Crippen LogP contribution is 2.38. The van der Waals surface area contributed by atoms with Crippen molar-refractivity contribution in [2.75, 3.05) is 7.11 Å². The summed E-state index contributed by atoms with van der Waals surface area (Å²) in [4.78, 5) is 12.7. The van der Waals surface area contributed by atoms with E-state index >= 15 is 0 Å². The molecule has 2 nitrogen and oxygen atoms in total. The number of hydrogen-bond acceptors (Lipinski definition) is 3. The fourth-order valence-electron chi connectivity index (χ4n) is 2.09. The van der Waals surface area contributed by atoms with Gasteiger partial charge in [-0.1, -0.05) is 29.8 Å². The van der Waals surface area contributed by atoms with Gasteiger partial charge in [0.2, 0.25) is 0 Å². The molecule has 0 aliphatic carbocycles. The normalized spacial score (nSPS) is 12.0. The van der Waals surface area contributed by atoms with Gasteiger partial charge in [-0.15, -0.1) is 11.8 Å². The van der Waals surface area contributed by atoms with E-state index in [9.17, 15) is 4.79 Å². The lowest BCUT2D eigenvalue weighted by Gasteiger charge is -2.16. The Kier molecular flexibility index (Phi) is 5.45.